The number of halogens is 2. The molecule has 3 atom stereocenters. The van der Waals surface area contributed by atoms with Gasteiger partial charge in [0, 0.05) is 11.1 Å². The van der Waals surface area contributed by atoms with Crippen molar-refractivity contribution in [2.24, 2.45) is 11.8 Å². The van der Waals surface area contributed by atoms with Gasteiger partial charge < -0.3 is 0 Å². The van der Waals surface area contributed by atoms with Crippen molar-refractivity contribution >= 4 is 11.6 Å². The maximum absolute atomic E-state index is 13.6. The van der Waals surface area contributed by atoms with E-state index in [1.54, 1.807) is 17.7 Å². The van der Waals surface area contributed by atoms with Gasteiger partial charge in [0.1, 0.15) is 5.82 Å². The molecule has 0 N–H and O–H groups in total. The highest BCUT2D eigenvalue weighted by atomic mass is 35.5. The van der Waals surface area contributed by atoms with Gasteiger partial charge in [0.25, 0.3) is 0 Å². The van der Waals surface area contributed by atoms with Crippen LogP contribution in [0.4, 0.5) is 4.39 Å². The van der Waals surface area contributed by atoms with Crippen molar-refractivity contribution in [3.8, 4) is 11.8 Å². The maximum Gasteiger partial charge on any atom is 0.143 e. The van der Waals surface area contributed by atoms with E-state index in [1.807, 2.05) is 0 Å². The molecule has 0 saturated heterocycles. The minimum absolute atomic E-state index is 0.137. The van der Waals surface area contributed by atoms with Crippen LogP contribution in [0.1, 0.15) is 80.0 Å². The molecule has 0 nitrogen and oxygen atoms in total. The SMILES string of the molecule is CCCC[C@@H]1CC[C@@H]2c3ccc(C#Cc4ccc(Cl)c(F)c4)cc3CC[C@@H]2C1. The monoisotopic (exact) mass is 394 g/mol. The van der Waals surface area contributed by atoms with Gasteiger partial charge in [-0.3, -0.25) is 0 Å². The molecule has 0 spiro atoms. The summed E-state index contributed by atoms with van der Waals surface area (Å²) in [6.45, 7) is 2.30. The van der Waals surface area contributed by atoms with E-state index < -0.39 is 5.82 Å². The van der Waals surface area contributed by atoms with Crippen molar-refractivity contribution in [3.63, 3.8) is 0 Å². The van der Waals surface area contributed by atoms with Crippen molar-refractivity contribution in [3.05, 3.63) is 69.5 Å². The van der Waals surface area contributed by atoms with Crippen LogP contribution in [0.3, 0.4) is 0 Å². The minimum atomic E-state index is -0.417. The summed E-state index contributed by atoms with van der Waals surface area (Å²) < 4.78 is 13.6. The summed E-state index contributed by atoms with van der Waals surface area (Å²) in [5.74, 6) is 8.42. The van der Waals surface area contributed by atoms with Crippen LogP contribution in [-0.2, 0) is 6.42 Å². The zero-order valence-electron chi connectivity index (χ0n) is 16.6. The molecule has 2 aromatic carbocycles. The second-order valence-electron chi connectivity index (χ2n) is 8.52. The number of unbranched alkanes of at least 4 members (excludes halogenated alkanes) is 1. The van der Waals surface area contributed by atoms with E-state index in [0.29, 0.717) is 5.56 Å². The molecule has 2 aliphatic carbocycles. The van der Waals surface area contributed by atoms with E-state index in [-0.39, 0.29) is 5.02 Å². The number of aryl methyl sites for hydroxylation is 1. The Balaban J connectivity index is 1.49. The van der Waals surface area contributed by atoms with Gasteiger partial charge >= 0.3 is 0 Å². The van der Waals surface area contributed by atoms with Crippen molar-refractivity contribution in [1.29, 1.82) is 0 Å². The Labute approximate surface area is 173 Å². The zero-order valence-corrected chi connectivity index (χ0v) is 17.4. The Hall–Kier alpha value is -1.78. The Bertz CT molecular complexity index is 904. The standard InChI is InChI=1S/C26H28ClF/c1-2-3-4-18-7-12-23-21(15-18)10-11-22-16-19(8-13-24(22)23)5-6-20-9-14-25(27)26(28)17-20/h8-9,13-14,16-18,21,23H,2-4,7,10-12,15H2,1H3/t18-,21-,23+/m1/s1. The van der Waals surface area contributed by atoms with Gasteiger partial charge in [0.15, 0.2) is 0 Å². The van der Waals surface area contributed by atoms with Crippen LogP contribution < -0.4 is 0 Å². The molecule has 0 aliphatic heterocycles. The van der Waals surface area contributed by atoms with E-state index in [0.717, 1.165) is 23.3 Å². The van der Waals surface area contributed by atoms with E-state index >= 15 is 0 Å². The van der Waals surface area contributed by atoms with Crippen molar-refractivity contribution < 1.29 is 4.39 Å². The second-order valence-corrected chi connectivity index (χ2v) is 8.93. The molecule has 146 valence electrons. The lowest BCUT2D eigenvalue weighted by Crippen LogP contribution is -2.28. The Morgan fingerprint density at radius 1 is 1.04 bits per heavy atom. The molecule has 0 radical (unpaired) electrons. The second kappa shape index (κ2) is 8.71. The third kappa shape index (κ3) is 4.28. The minimum Gasteiger partial charge on any atom is -0.205 e. The molecule has 2 heteroatoms. The number of rotatable bonds is 3. The van der Waals surface area contributed by atoms with Crippen LogP contribution in [0.5, 0.6) is 0 Å². The molecular formula is C26H28ClF. The normalized spacial score (nSPS) is 23.3. The van der Waals surface area contributed by atoms with Crippen LogP contribution in [0.15, 0.2) is 36.4 Å². The Kier molecular flexibility index (Phi) is 6.07. The molecule has 2 aromatic rings. The Morgan fingerprint density at radius 3 is 2.61 bits per heavy atom. The fourth-order valence-corrected chi connectivity index (χ4v) is 5.28. The fraction of sp³-hybridized carbons (Fsp3) is 0.462. The van der Waals surface area contributed by atoms with Crippen molar-refractivity contribution in [2.75, 3.05) is 0 Å². The molecular weight excluding hydrogens is 367 g/mol. The molecule has 1 fully saturated rings. The third-order valence-electron chi connectivity index (χ3n) is 6.65. The van der Waals surface area contributed by atoms with Crippen LogP contribution in [-0.4, -0.2) is 0 Å². The molecule has 2 aliphatic rings. The van der Waals surface area contributed by atoms with E-state index in [2.05, 4.69) is 37.0 Å². The van der Waals surface area contributed by atoms with Gasteiger partial charge in [-0.05, 0) is 91.3 Å². The summed E-state index contributed by atoms with van der Waals surface area (Å²) in [5.41, 5.74) is 4.71. The molecule has 4 rings (SSSR count). The largest absolute Gasteiger partial charge is 0.205 e. The number of fused-ring (bicyclic) bond motifs is 3. The molecule has 0 heterocycles. The predicted octanol–water partition coefficient (Wildman–Crippen LogP) is 7.52. The predicted molar refractivity (Wildman–Crippen MR) is 115 cm³/mol. The molecule has 1 saturated carbocycles. The van der Waals surface area contributed by atoms with E-state index in [1.165, 1.54) is 63.0 Å². The topological polar surface area (TPSA) is 0 Å². The van der Waals surface area contributed by atoms with Crippen LogP contribution in [0, 0.1) is 29.5 Å². The lowest BCUT2D eigenvalue weighted by molar-refractivity contribution is 0.200. The van der Waals surface area contributed by atoms with Crippen LogP contribution in [0.25, 0.3) is 0 Å². The maximum atomic E-state index is 13.6. The Morgan fingerprint density at radius 2 is 1.82 bits per heavy atom. The molecule has 0 amide bonds. The average Bonchev–Trinajstić information content (AvgIpc) is 2.72. The van der Waals surface area contributed by atoms with Gasteiger partial charge in [-0.15, -0.1) is 0 Å². The summed E-state index contributed by atoms with van der Waals surface area (Å²) in [7, 11) is 0. The number of benzene rings is 2. The van der Waals surface area contributed by atoms with Gasteiger partial charge in [-0.2, -0.15) is 0 Å². The lowest BCUT2D eigenvalue weighted by Gasteiger charge is -2.40. The summed E-state index contributed by atoms with van der Waals surface area (Å²) in [5, 5.41) is 0.137. The lowest BCUT2D eigenvalue weighted by atomic mass is 9.64. The fourth-order valence-electron chi connectivity index (χ4n) is 5.17. The third-order valence-corrected chi connectivity index (χ3v) is 6.96. The molecule has 0 unspecified atom stereocenters. The average molecular weight is 395 g/mol. The molecule has 0 aromatic heterocycles. The summed E-state index contributed by atoms with van der Waals surface area (Å²) >= 11 is 5.74. The van der Waals surface area contributed by atoms with Gasteiger partial charge in [-0.1, -0.05) is 55.7 Å². The highest BCUT2D eigenvalue weighted by Gasteiger charge is 2.34. The van der Waals surface area contributed by atoms with Gasteiger partial charge in [-0.25, -0.2) is 4.39 Å². The number of hydrogen-bond acceptors (Lipinski definition) is 0. The quantitative estimate of drug-likeness (QED) is 0.472. The van der Waals surface area contributed by atoms with Crippen molar-refractivity contribution in [2.45, 2.75) is 64.2 Å². The first-order valence-corrected chi connectivity index (χ1v) is 11.1. The summed E-state index contributed by atoms with van der Waals surface area (Å²) in [4.78, 5) is 0. The first-order valence-electron chi connectivity index (χ1n) is 10.7. The van der Waals surface area contributed by atoms with Crippen LogP contribution in [0.2, 0.25) is 5.02 Å². The highest BCUT2D eigenvalue weighted by molar-refractivity contribution is 6.30. The summed E-state index contributed by atoms with van der Waals surface area (Å²) in [6.07, 6.45) is 10.8. The summed E-state index contributed by atoms with van der Waals surface area (Å²) in [6, 6.07) is 11.4. The van der Waals surface area contributed by atoms with Gasteiger partial charge in [0.05, 0.1) is 5.02 Å². The van der Waals surface area contributed by atoms with Crippen LogP contribution >= 0.6 is 11.6 Å². The smallest absolute Gasteiger partial charge is 0.143 e. The van der Waals surface area contributed by atoms with E-state index in [9.17, 15) is 4.39 Å². The molecule has 0 bridgehead atoms. The van der Waals surface area contributed by atoms with Crippen molar-refractivity contribution in [1.82, 2.24) is 0 Å². The highest BCUT2D eigenvalue weighted by Crippen LogP contribution is 2.47. The first-order chi connectivity index (χ1) is 13.6. The van der Waals surface area contributed by atoms with E-state index in [4.69, 9.17) is 11.6 Å². The number of hydrogen-bond donors (Lipinski definition) is 0. The first kappa shape index (κ1) is 19.5. The van der Waals surface area contributed by atoms with Gasteiger partial charge in [0.2, 0.25) is 0 Å². The zero-order chi connectivity index (χ0) is 19.5. The molecule has 28 heavy (non-hydrogen) atoms.